The molecule has 1 atom stereocenters. The lowest BCUT2D eigenvalue weighted by molar-refractivity contribution is -0.133. The maximum absolute atomic E-state index is 13.6. The molecule has 0 saturated heterocycles. The first kappa shape index (κ1) is 25.4. The number of nitrogens with one attached hydrogen (secondary N) is 1. The van der Waals surface area contributed by atoms with E-state index in [1.807, 2.05) is 54.8 Å². The predicted molar refractivity (Wildman–Crippen MR) is 142 cm³/mol. The van der Waals surface area contributed by atoms with E-state index in [0.717, 1.165) is 21.7 Å². The van der Waals surface area contributed by atoms with Gasteiger partial charge in [-0.3, -0.25) is 4.79 Å². The first-order chi connectivity index (χ1) is 17.5. The van der Waals surface area contributed by atoms with E-state index >= 15 is 0 Å². The second-order valence-electron chi connectivity index (χ2n) is 8.44. The van der Waals surface area contributed by atoms with Gasteiger partial charge in [-0.15, -0.1) is 11.3 Å². The van der Waals surface area contributed by atoms with E-state index in [9.17, 15) is 9.59 Å². The van der Waals surface area contributed by atoms with E-state index in [-0.39, 0.29) is 31.6 Å². The number of rotatable bonds is 9. The number of hydrogen-bond acceptors (Lipinski definition) is 6. The Balaban J connectivity index is 1.56. The number of carbonyl (C=O) groups excluding carboxylic acids is 2. The molecule has 1 aliphatic rings. The normalized spacial score (nSPS) is 14.9. The number of benzene rings is 2. The Hall–Kier alpha value is -3.69. The minimum absolute atomic E-state index is 0.145. The van der Waals surface area contributed by atoms with Crippen LogP contribution in [0, 0.1) is 6.92 Å². The van der Waals surface area contributed by atoms with E-state index in [4.69, 9.17) is 14.6 Å². The summed E-state index contributed by atoms with van der Waals surface area (Å²) in [7, 11) is 3.10. The molecular weight excluding hydrogens is 476 g/mol. The summed E-state index contributed by atoms with van der Waals surface area (Å²) in [5.41, 5.74) is 3.54. The molecule has 0 unspecified atom stereocenters. The number of urea groups is 1. The van der Waals surface area contributed by atoms with Crippen molar-refractivity contribution in [2.75, 3.05) is 39.2 Å². The highest BCUT2D eigenvalue weighted by atomic mass is 32.1. The smallest absolute Gasteiger partial charge is 0.322 e. The zero-order chi connectivity index (χ0) is 25.5. The van der Waals surface area contributed by atoms with Gasteiger partial charge in [0, 0.05) is 20.1 Å². The molecule has 4 rings (SSSR count). The minimum Gasteiger partial charge on any atom is -0.495 e. The highest BCUT2D eigenvalue weighted by Crippen LogP contribution is 2.34. The number of ether oxygens (including phenoxy) is 2. The number of nitrogens with zero attached hydrogens (tertiary/aromatic N) is 3. The fourth-order valence-electron chi connectivity index (χ4n) is 4.01. The lowest BCUT2D eigenvalue weighted by atomic mass is 10.00. The molecule has 1 aromatic heterocycles. The second-order valence-corrected chi connectivity index (χ2v) is 9.39. The maximum Gasteiger partial charge on any atom is 0.322 e. The highest BCUT2D eigenvalue weighted by molar-refractivity contribution is 7.12. The van der Waals surface area contributed by atoms with Crippen LogP contribution in [0.4, 0.5) is 10.5 Å². The number of aryl methyl sites for hydroxylation is 1. The van der Waals surface area contributed by atoms with Crippen molar-refractivity contribution >= 4 is 34.7 Å². The van der Waals surface area contributed by atoms with Crippen LogP contribution in [0.1, 0.15) is 28.5 Å². The van der Waals surface area contributed by atoms with Gasteiger partial charge in [0.05, 0.1) is 36.0 Å². The van der Waals surface area contributed by atoms with Crippen LogP contribution in [-0.2, 0) is 9.53 Å². The van der Waals surface area contributed by atoms with Gasteiger partial charge in [0.15, 0.2) is 0 Å². The standard InChI is InChI=1S/C27H30N4O4S/c1-19-10-12-20(13-11-19)23-17-22(25-9-6-16-36-25)29-31(23)26(32)18-30(14-15-34-2)27(33)28-21-7-4-5-8-24(21)35-3/h4-13,16,23H,14-15,17-18H2,1-3H3,(H,28,33)/t23-/m1/s1. The van der Waals surface area contributed by atoms with Crippen LogP contribution in [0.15, 0.2) is 71.1 Å². The monoisotopic (exact) mass is 506 g/mol. The molecule has 2 heterocycles. The summed E-state index contributed by atoms with van der Waals surface area (Å²) in [5, 5.41) is 11.1. The van der Waals surface area contributed by atoms with Crippen molar-refractivity contribution in [2.45, 2.75) is 19.4 Å². The fraction of sp³-hybridized carbons (Fsp3) is 0.296. The lowest BCUT2D eigenvalue weighted by Crippen LogP contribution is -2.44. The van der Waals surface area contributed by atoms with Crippen molar-refractivity contribution in [2.24, 2.45) is 5.10 Å². The molecule has 188 valence electrons. The molecule has 36 heavy (non-hydrogen) atoms. The summed E-state index contributed by atoms with van der Waals surface area (Å²) in [6.45, 7) is 2.42. The molecule has 0 saturated carbocycles. The van der Waals surface area contributed by atoms with Gasteiger partial charge in [-0.2, -0.15) is 5.10 Å². The van der Waals surface area contributed by atoms with Crippen molar-refractivity contribution < 1.29 is 19.1 Å². The Kier molecular flexibility index (Phi) is 8.35. The number of methoxy groups -OCH3 is 2. The van der Waals surface area contributed by atoms with E-state index in [2.05, 4.69) is 5.32 Å². The molecule has 0 aliphatic carbocycles. The molecule has 0 fully saturated rings. The van der Waals surface area contributed by atoms with Crippen molar-refractivity contribution in [1.29, 1.82) is 0 Å². The van der Waals surface area contributed by atoms with Crippen LogP contribution in [-0.4, -0.2) is 61.5 Å². The summed E-state index contributed by atoms with van der Waals surface area (Å²) in [6.07, 6.45) is 0.612. The lowest BCUT2D eigenvalue weighted by Gasteiger charge is -2.27. The van der Waals surface area contributed by atoms with E-state index in [1.54, 1.807) is 43.8 Å². The van der Waals surface area contributed by atoms with Crippen LogP contribution < -0.4 is 10.1 Å². The SMILES string of the molecule is COCCN(CC(=O)N1N=C(c2cccs2)C[C@@H]1c1ccc(C)cc1)C(=O)Nc1ccccc1OC. The molecule has 1 aliphatic heterocycles. The molecule has 0 bridgehead atoms. The van der Waals surface area contributed by atoms with Gasteiger partial charge in [-0.25, -0.2) is 9.80 Å². The first-order valence-electron chi connectivity index (χ1n) is 11.7. The third-order valence-electron chi connectivity index (χ3n) is 5.96. The minimum atomic E-state index is -0.418. The number of thiophene rings is 1. The number of para-hydroxylation sites is 2. The van der Waals surface area contributed by atoms with E-state index in [1.165, 1.54) is 9.91 Å². The summed E-state index contributed by atoms with van der Waals surface area (Å²) in [5.74, 6) is 0.270. The van der Waals surface area contributed by atoms with Crippen LogP contribution in [0.2, 0.25) is 0 Å². The average molecular weight is 507 g/mol. The Bertz CT molecular complexity index is 1210. The molecule has 3 aromatic rings. The predicted octanol–water partition coefficient (Wildman–Crippen LogP) is 4.92. The first-order valence-corrected chi connectivity index (χ1v) is 12.6. The molecule has 3 amide bonds. The summed E-state index contributed by atoms with van der Waals surface area (Å²) >= 11 is 1.60. The van der Waals surface area contributed by atoms with Crippen LogP contribution in [0.25, 0.3) is 0 Å². The van der Waals surface area contributed by atoms with Crippen LogP contribution in [0.5, 0.6) is 5.75 Å². The van der Waals surface area contributed by atoms with Gasteiger partial charge in [-0.1, -0.05) is 48.0 Å². The Labute approximate surface area is 215 Å². The summed E-state index contributed by atoms with van der Waals surface area (Å²) in [6, 6.07) is 18.6. The molecular formula is C27H30N4O4S. The summed E-state index contributed by atoms with van der Waals surface area (Å²) < 4.78 is 10.5. The molecule has 8 nitrogen and oxygen atoms in total. The van der Waals surface area contributed by atoms with Crippen LogP contribution in [0.3, 0.4) is 0 Å². The second kappa shape index (κ2) is 11.8. The quantitative estimate of drug-likeness (QED) is 0.446. The Morgan fingerprint density at radius 2 is 1.89 bits per heavy atom. The zero-order valence-corrected chi connectivity index (χ0v) is 21.5. The number of carbonyl (C=O) groups is 2. The number of anilines is 1. The average Bonchev–Trinajstić information content (AvgIpc) is 3.58. The van der Waals surface area contributed by atoms with Gasteiger partial charge in [0.25, 0.3) is 5.91 Å². The molecule has 2 aromatic carbocycles. The third-order valence-corrected chi connectivity index (χ3v) is 6.88. The molecule has 9 heteroatoms. The Morgan fingerprint density at radius 3 is 2.58 bits per heavy atom. The van der Waals surface area contributed by atoms with Gasteiger partial charge >= 0.3 is 6.03 Å². The maximum atomic E-state index is 13.6. The van der Waals surface area contributed by atoms with Gasteiger partial charge in [0.1, 0.15) is 12.3 Å². The molecule has 0 spiro atoms. The van der Waals surface area contributed by atoms with Gasteiger partial charge in [-0.05, 0) is 36.1 Å². The van der Waals surface area contributed by atoms with E-state index < -0.39 is 6.03 Å². The number of hydrogen-bond donors (Lipinski definition) is 1. The highest BCUT2D eigenvalue weighted by Gasteiger charge is 2.34. The molecule has 0 radical (unpaired) electrons. The summed E-state index contributed by atoms with van der Waals surface area (Å²) in [4.78, 5) is 29.2. The third kappa shape index (κ3) is 5.92. The van der Waals surface area contributed by atoms with E-state index in [0.29, 0.717) is 17.9 Å². The largest absolute Gasteiger partial charge is 0.495 e. The number of amides is 3. The molecule has 1 N–H and O–H groups in total. The van der Waals surface area contributed by atoms with Crippen molar-refractivity contribution in [3.63, 3.8) is 0 Å². The van der Waals surface area contributed by atoms with Gasteiger partial charge < -0.3 is 19.7 Å². The fourth-order valence-corrected chi connectivity index (χ4v) is 4.73. The number of hydrazone groups is 1. The van der Waals surface area contributed by atoms with Gasteiger partial charge in [0.2, 0.25) is 0 Å². The Morgan fingerprint density at radius 1 is 1.11 bits per heavy atom. The van der Waals surface area contributed by atoms with Crippen molar-refractivity contribution in [3.05, 3.63) is 82.0 Å². The topological polar surface area (TPSA) is 83.5 Å². The van der Waals surface area contributed by atoms with Crippen molar-refractivity contribution in [3.8, 4) is 5.75 Å². The zero-order valence-electron chi connectivity index (χ0n) is 20.6. The van der Waals surface area contributed by atoms with Crippen LogP contribution >= 0.6 is 11.3 Å². The van der Waals surface area contributed by atoms with Crippen molar-refractivity contribution in [1.82, 2.24) is 9.91 Å².